The fourth-order valence-corrected chi connectivity index (χ4v) is 11.0. The summed E-state index contributed by atoms with van der Waals surface area (Å²) < 4.78 is 90.5. The Labute approximate surface area is 457 Å². The van der Waals surface area contributed by atoms with E-state index in [9.17, 15) is 4.11 Å². The van der Waals surface area contributed by atoms with Crippen LogP contribution in [0.1, 0.15) is 49.8 Å². The van der Waals surface area contributed by atoms with Gasteiger partial charge in [0.2, 0.25) is 0 Å². The number of pyridine rings is 1. The molecule has 0 radical (unpaired) electrons. The Morgan fingerprint density at radius 1 is 0.608 bits per heavy atom. The summed E-state index contributed by atoms with van der Waals surface area (Å²) in [6.45, 7) is 1.13. The van der Waals surface area contributed by atoms with Crippen molar-refractivity contribution in [3.8, 4) is 56.4 Å². The average molecular weight is 1150 g/mol. The van der Waals surface area contributed by atoms with Gasteiger partial charge in [0.05, 0.1) is 0 Å². The first-order chi connectivity index (χ1) is 39.7. The van der Waals surface area contributed by atoms with Gasteiger partial charge in [-0.3, -0.25) is 0 Å². The molecule has 8 heteroatoms. The zero-order valence-electron chi connectivity index (χ0n) is 49.7. The van der Waals surface area contributed by atoms with Crippen LogP contribution in [0.5, 0.6) is 11.6 Å². The molecule has 0 bridgehead atoms. The zero-order valence-corrected chi connectivity index (χ0v) is 42.9. The van der Waals surface area contributed by atoms with E-state index in [1.807, 2.05) is 155 Å². The molecule has 11 aromatic rings. The molecule has 0 unspecified atom stereocenters. The fourth-order valence-electron chi connectivity index (χ4n) is 9.88. The van der Waals surface area contributed by atoms with Crippen LogP contribution in [0.3, 0.4) is 0 Å². The first kappa shape index (κ1) is 37.5. The van der Waals surface area contributed by atoms with Crippen LogP contribution in [0.25, 0.3) is 55.8 Å². The molecular weight excluding hydrogens is 1080 g/mol. The van der Waals surface area contributed by atoms with Gasteiger partial charge in [-0.15, -0.1) is 6.07 Å². The third-order valence-electron chi connectivity index (χ3n) is 13.3. The summed E-state index contributed by atoms with van der Waals surface area (Å²) in [6.07, 6.45) is 0. The van der Waals surface area contributed by atoms with Crippen molar-refractivity contribution in [2.45, 2.75) is 39.9 Å². The van der Waals surface area contributed by atoms with Crippen molar-refractivity contribution < 1.29 is 36.4 Å². The van der Waals surface area contributed by atoms with Gasteiger partial charge in [-0.25, -0.2) is 0 Å². The van der Waals surface area contributed by atoms with Crippen LogP contribution in [0.4, 0.5) is 22.9 Å². The second kappa shape index (κ2) is 19.3. The Bertz CT molecular complexity index is 4370. The number of ether oxygens (including phenoxy) is 1. The number of rotatable bonds is 10. The van der Waals surface area contributed by atoms with Crippen LogP contribution < -0.4 is 19.8 Å². The summed E-state index contributed by atoms with van der Waals surface area (Å²) in [5, 5.41) is 0. The standard InChI is InChI=1S/C66H52BN5O.Pt/c1-46-21-16-25-49(39-46)57-31-19-32-58(51-41-50(48-23-8-6-9-24-48)42-52(43-51)66(3,4)5)65(57)70-45-69(59-33-12-13-34-60(59)70)54-28-18-30-56(44-54)73-64-38-20-37-63(68-64)72-62-36-15-14-35-61(62)71(55-29-17-22-47(2)40-55)67(72)53-26-10-7-11-27-53;/h6-35,37-43H,1-5H3;/q-2;/i1D3,2D3,19D,31D,32D;. The molecule has 0 fully saturated rings. The van der Waals surface area contributed by atoms with Gasteiger partial charge in [0, 0.05) is 9.80 Å². The van der Waals surface area contributed by atoms with E-state index in [1.165, 1.54) is 0 Å². The third-order valence-corrected chi connectivity index (χ3v) is 14.3. The molecule has 12 rings (SSSR count). The molecule has 1 aliphatic heterocycles. The molecule has 1 aliphatic rings. The van der Waals surface area contributed by atoms with Crippen molar-refractivity contribution in [3.63, 3.8) is 0 Å². The Morgan fingerprint density at radius 3 is 2.07 bits per heavy atom. The van der Waals surface area contributed by atoms with E-state index in [0.717, 1.165) is 39.0 Å². The number of imidazole rings is 1. The van der Waals surface area contributed by atoms with Crippen LogP contribution in [0.2, 0.25) is 0 Å². The van der Waals surface area contributed by atoms with Gasteiger partial charge in [0.1, 0.15) is 0 Å². The van der Waals surface area contributed by atoms with E-state index in [4.69, 9.17) is 17.9 Å². The quantitative estimate of drug-likeness (QED) is 0.101. The molecule has 3 heterocycles. The molecule has 0 atom stereocenters. The molecule has 0 saturated heterocycles. The normalized spacial score (nSPS) is 14.5. The van der Waals surface area contributed by atoms with E-state index in [1.54, 1.807) is 48.5 Å². The summed E-state index contributed by atoms with van der Waals surface area (Å²) in [6, 6.07) is 70.9. The maximum atomic E-state index is 9.91. The number of hydrogen-bond donors (Lipinski definition) is 0. The third kappa shape index (κ3) is 8.71. The van der Waals surface area contributed by atoms with Gasteiger partial charge in [-0.1, -0.05) is 42.5 Å². The molecule has 0 N–H and O–H groups in total. The fraction of sp³-hybridized carbons (Fsp3) is 0.0909. The first-order valence-electron chi connectivity index (χ1n) is 28.8. The summed E-state index contributed by atoms with van der Waals surface area (Å²) in [4.78, 5) is 9.33. The van der Waals surface area contributed by atoms with Crippen LogP contribution in [0, 0.1) is 29.6 Å². The molecular formula is C66H52BN5OPt-2. The van der Waals surface area contributed by atoms with Gasteiger partial charge in [-0.2, -0.15) is 12.1 Å². The van der Waals surface area contributed by atoms with Gasteiger partial charge < -0.3 is 0 Å². The van der Waals surface area contributed by atoms with Crippen molar-refractivity contribution in [2.24, 2.45) is 0 Å². The van der Waals surface area contributed by atoms with Crippen LogP contribution in [0.15, 0.2) is 224 Å². The Balaban J connectivity index is 1.01. The number of aromatic nitrogens is 3. The topological polar surface area (TPSA) is 38.5 Å². The minimum absolute atomic E-state index is 0.0817. The van der Waals surface area contributed by atoms with Gasteiger partial charge in [0.15, 0.2) is 0 Å². The number of nitrogens with zero attached hydrogens (tertiary/aromatic N) is 5. The summed E-state index contributed by atoms with van der Waals surface area (Å²) in [5.41, 5.74) is 10.3. The molecule has 0 saturated carbocycles. The first-order valence-corrected chi connectivity index (χ1v) is 25.4. The SMILES string of the molecule is [2H]c1c([2H])c(-c2cccc(C([2H])([2H])[2H])c2)c(-n2[c](=[Pt])n(-c3[c-]c(Oc4cccc(N5B(c6ccccc6)N(c6cccc(C([2H])([2H])[2H])c6)c6ccc[c-]c65)n4)ccc3)c3ccccc32)c(-c2cc(-c3ccccc3)cc(C(C)(C)C)c2)c1[2H]. The van der Waals surface area contributed by atoms with E-state index in [0.29, 0.717) is 60.2 Å². The number of hydrogen-bond acceptors (Lipinski definition) is 4. The number of benzene rings is 9. The number of aryl methyl sites for hydroxylation is 2. The second-order valence-corrected chi connectivity index (χ2v) is 20.2. The van der Waals surface area contributed by atoms with Crippen LogP contribution in [-0.2, 0) is 24.8 Å². The van der Waals surface area contributed by atoms with E-state index < -0.39 is 20.7 Å². The van der Waals surface area contributed by atoms with Crippen LogP contribution >= 0.6 is 0 Å². The zero-order chi connectivity index (χ0) is 58.1. The van der Waals surface area contributed by atoms with Crippen molar-refractivity contribution in [1.29, 1.82) is 0 Å². The monoisotopic (exact) mass is 1150 g/mol. The summed E-state index contributed by atoms with van der Waals surface area (Å²) in [7, 11) is 0. The molecule has 362 valence electrons. The predicted octanol–water partition coefficient (Wildman–Crippen LogP) is 15.9. The summed E-state index contributed by atoms with van der Waals surface area (Å²) >= 11 is 2.27. The molecule has 0 aliphatic carbocycles. The molecule has 0 spiro atoms. The molecule has 2 aromatic heterocycles. The van der Waals surface area contributed by atoms with Crippen molar-refractivity contribution in [3.05, 3.63) is 257 Å². The predicted molar refractivity (Wildman–Crippen MR) is 301 cm³/mol. The number of anilines is 4. The van der Waals surface area contributed by atoms with Crippen molar-refractivity contribution in [1.82, 2.24) is 14.1 Å². The van der Waals surface area contributed by atoms with Crippen molar-refractivity contribution in [2.75, 3.05) is 9.62 Å². The Hall–Kier alpha value is -8.25. The molecule has 74 heavy (non-hydrogen) atoms. The van der Waals surface area contributed by atoms with Gasteiger partial charge in [0.25, 0.3) is 0 Å². The molecule has 0 amide bonds. The van der Waals surface area contributed by atoms with E-state index in [-0.39, 0.29) is 40.5 Å². The van der Waals surface area contributed by atoms with Crippen LogP contribution in [-0.4, -0.2) is 21.1 Å². The average Bonchev–Trinajstić information content (AvgIpc) is 3.86. The summed E-state index contributed by atoms with van der Waals surface area (Å²) in [5.74, 6) is 1.20. The van der Waals surface area contributed by atoms with E-state index >= 15 is 0 Å². The maximum absolute atomic E-state index is 9.91. The van der Waals surface area contributed by atoms with Crippen molar-refractivity contribution >= 4 is 46.4 Å². The minimum atomic E-state index is -2.47. The Morgan fingerprint density at radius 2 is 1.28 bits per heavy atom. The van der Waals surface area contributed by atoms with Gasteiger partial charge >= 0.3 is 365 Å². The second-order valence-electron chi connectivity index (χ2n) is 19.2. The number of fused-ring (bicyclic) bond motifs is 2. The number of para-hydroxylation sites is 4. The van der Waals surface area contributed by atoms with Gasteiger partial charge in [-0.05, 0) is 24.5 Å². The molecule has 6 nitrogen and oxygen atoms in total. The Kier molecular flexibility index (Phi) is 9.78. The molecule has 9 aromatic carbocycles. The van der Waals surface area contributed by atoms with E-state index in [2.05, 4.69) is 74.0 Å².